The molecule has 74 valence electrons. The summed E-state index contributed by atoms with van der Waals surface area (Å²) in [6, 6.07) is 0. The van der Waals surface area contributed by atoms with Crippen LogP contribution in [-0.4, -0.2) is 23.3 Å². The van der Waals surface area contributed by atoms with Gasteiger partial charge in [-0.2, -0.15) is 0 Å². The first-order chi connectivity index (χ1) is 6.00. The number of esters is 1. The minimum Gasteiger partial charge on any atom is -0.461 e. The Kier molecular flexibility index (Phi) is 1.71. The molecule has 13 heavy (non-hydrogen) atoms. The third-order valence-corrected chi connectivity index (χ3v) is 3.07. The second-order valence-electron chi connectivity index (χ2n) is 4.47. The van der Waals surface area contributed by atoms with E-state index in [2.05, 4.69) is 0 Å². The minimum atomic E-state index is -0.572. The molecule has 1 saturated carbocycles. The largest absolute Gasteiger partial charge is 0.461 e. The molecule has 1 aliphatic carbocycles. The number of rotatable bonds is 2. The minimum absolute atomic E-state index is 0.0454. The smallest absolute Gasteiger partial charge is 0.341 e. The molecule has 0 aromatic carbocycles. The van der Waals surface area contributed by atoms with Crippen molar-refractivity contribution in [1.82, 2.24) is 0 Å². The van der Waals surface area contributed by atoms with E-state index < -0.39 is 5.60 Å². The zero-order valence-electron chi connectivity index (χ0n) is 8.42. The summed E-state index contributed by atoms with van der Waals surface area (Å²) in [4.78, 5) is 11.7. The van der Waals surface area contributed by atoms with Gasteiger partial charge in [-0.1, -0.05) is 0 Å². The van der Waals surface area contributed by atoms with Gasteiger partial charge in [-0.15, -0.1) is 0 Å². The Morgan fingerprint density at radius 2 is 2.15 bits per heavy atom. The molecule has 2 fully saturated rings. The van der Waals surface area contributed by atoms with Crippen molar-refractivity contribution >= 4 is 5.97 Å². The Morgan fingerprint density at radius 1 is 1.46 bits per heavy atom. The molecule has 0 amide bonds. The van der Waals surface area contributed by atoms with Gasteiger partial charge in [0.25, 0.3) is 0 Å². The highest BCUT2D eigenvalue weighted by Gasteiger charge is 2.75. The lowest BCUT2D eigenvalue weighted by molar-refractivity contribution is -0.154. The molecule has 0 aromatic heterocycles. The zero-order chi connectivity index (χ0) is 9.69. The highest BCUT2D eigenvalue weighted by atomic mass is 16.7. The van der Waals surface area contributed by atoms with Gasteiger partial charge in [-0.3, -0.25) is 0 Å². The molecule has 2 atom stereocenters. The van der Waals surface area contributed by atoms with Crippen molar-refractivity contribution in [3.63, 3.8) is 0 Å². The topological polar surface area (TPSA) is 38.8 Å². The molecule has 3 heteroatoms. The van der Waals surface area contributed by atoms with Crippen molar-refractivity contribution in [3.05, 3.63) is 0 Å². The SMILES string of the molecule is CC(C)OC(=O)C12CCCC1(C)O2. The predicted octanol–water partition coefficient (Wildman–Crippen LogP) is 1.65. The molecule has 3 nitrogen and oxygen atoms in total. The van der Waals surface area contributed by atoms with Crippen LogP contribution in [0.15, 0.2) is 0 Å². The van der Waals surface area contributed by atoms with Crippen molar-refractivity contribution in [2.24, 2.45) is 0 Å². The number of hydrogen-bond acceptors (Lipinski definition) is 3. The fraction of sp³-hybridized carbons (Fsp3) is 0.900. The number of hydrogen-bond donors (Lipinski definition) is 0. The van der Waals surface area contributed by atoms with E-state index in [9.17, 15) is 4.79 Å². The van der Waals surface area contributed by atoms with E-state index in [4.69, 9.17) is 9.47 Å². The quantitative estimate of drug-likeness (QED) is 0.484. The normalized spacial score (nSPS) is 41.8. The first-order valence-electron chi connectivity index (χ1n) is 4.91. The summed E-state index contributed by atoms with van der Waals surface area (Å²) in [5.41, 5.74) is -0.782. The molecular weight excluding hydrogens is 168 g/mol. The van der Waals surface area contributed by atoms with Gasteiger partial charge in [-0.25, -0.2) is 4.79 Å². The van der Waals surface area contributed by atoms with E-state index in [1.807, 2.05) is 20.8 Å². The standard InChI is InChI=1S/C10H16O3/c1-7(2)12-8(11)10-6-4-5-9(10,3)13-10/h7H,4-6H2,1-3H3. The molecule has 0 N–H and O–H groups in total. The molecule has 1 heterocycles. The summed E-state index contributed by atoms with van der Waals surface area (Å²) in [5, 5.41) is 0. The molecule has 2 unspecified atom stereocenters. The number of fused-ring (bicyclic) bond motifs is 1. The van der Waals surface area contributed by atoms with Gasteiger partial charge >= 0.3 is 5.97 Å². The maximum atomic E-state index is 11.7. The number of carbonyl (C=O) groups is 1. The van der Waals surface area contributed by atoms with Gasteiger partial charge < -0.3 is 9.47 Å². The third-order valence-electron chi connectivity index (χ3n) is 3.07. The average molecular weight is 184 g/mol. The van der Waals surface area contributed by atoms with Crippen LogP contribution in [0.1, 0.15) is 40.0 Å². The van der Waals surface area contributed by atoms with Crippen LogP contribution in [0.3, 0.4) is 0 Å². The van der Waals surface area contributed by atoms with Crippen molar-refractivity contribution in [2.45, 2.75) is 57.3 Å². The van der Waals surface area contributed by atoms with Crippen LogP contribution in [0.2, 0.25) is 0 Å². The fourth-order valence-corrected chi connectivity index (χ4v) is 2.27. The first kappa shape index (κ1) is 9.00. The number of epoxide rings is 1. The molecule has 2 rings (SSSR count). The lowest BCUT2D eigenvalue weighted by atomic mass is 9.98. The summed E-state index contributed by atoms with van der Waals surface area (Å²) in [5.74, 6) is -0.164. The lowest BCUT2D eigenvalue weighted by Crippen LogP contribution is -2.32. The average Bonchev–Trinajstić information content (AvgIpc) is 2.46. The summed E-state index contributed by atoms with van der Waals surface area (Å²) in [7, 11) is 0. The molecular formula is C10H16O3. The van der Waals surface area contributed by atoms with Crippen molar-refractivity contribution in [1.29, 1.82) is 0 Å². The second-order valence-corrected chi connectivity index (χ2v) is 4.47. The number of carbonyl (C=O) groups excluding carboxylic acids is 1. The summed E-state index contributed by atoms with van der Waals surface area (Å²) in [6.07, 6.45) is 2.84. The van der Waals surface area contributed by atoms with Crippen molar-refractivity contribution in [2.75, 3.05) is 0 Å². The van der Waals surface area contributed by atoms with Crippen molar-refractivity contribution < 1.29 is 14.3 Å². The van der Waals surface area contributed by atoms with E-state index in [1.54, 1.807) is 0 Å². The van der Waals surface area contributed by atoms with Gasteiger partial charge in [0, 0.05) is 0 Å². The highest BCUT2D eigenvalue weighted by Crippen LogP contribution is 2.60. The Morgan fingerprint density at radius 3 is 2.54 bits per heavy atom. The second kappa shape index (κ2) is 2.47. The molecule has 1 saturated heterocycles. The van der Waals surface area contributed by atoms with E-state index in [-0.39, 0.29) is 17.7 Å². The zero-order valence-corrected chi connectivity index (χ0v) is 8.42. The van der Waals surface area contributed by atoms with Gasteiger partial charge in [0.15, 0.2) is 5.60 Å². The Bertz CT molecular complexity index is 245. The molecule has 0 aromatic rings. The van der Waals surface area contributed by atoms with Crippen molar-refractivity contribution in [3.8, 4) is 0 Å². The van der Waals surface area contributed by atoms with Crippen LogP contribution in [0, 0.1) is 0 Å². The first-order valence-corrected chi connectivity index (χ1v) is 4.91. The van der Waals surface area contributed by atoms with Crippen LogP contribution in [0.25, 0.3) is 0 Å². The molecule has 2 aliphatic rings. The lowest BCUT2D eigenvalue weighted by Gasteiger charge is -2.12. The van der Waals surface area contributed by atoms with Gasteiger partial charge in [0.1, 0.15) is 5.60 Å². The molecule has 0 radical (unpaired) electrons. The van der Waals surface area contributed by atoms with E-state index in [1.165, 1.54) is 0 Å². The molecule has 0 spiro atoms. The predicted molar refractivity (Wildman–Crippen MR) is 47.3 cm³/mol. The fourth-order valence-electron chi connectivity index (χ4n) is 2.27. The van der Waals surface area contributed by atoms with Crippen LogP contribution in [-0.2, 0) is 14.3 Å². The highest BCUT2D eigenvalue weighted by molar-refractivity contribution is 5.85. The Hall–Kier alpha value is -0.570. The molecule has 0 bridgehead atoms. The summed E-state index contributed by atoms with van der Waals surface area (Å²) < 4.78 is 10.7. The third kappa shape index (κ3) is 1.10. The summed E-state index contributed by atoms with van der Waals surface area (Å²) in [6.45, 7) is 5.73. The van der Waals surface area contributed by atoms with Crippen LogP contribution in [0.5, 0.6) is 0 Å². The van der Waals surface area contributed by atoms with E-state index in [0.717, 1.165) is 19.3 Å². The number of ether oxygens (including phenoxy) is 2. The maximum absolute atomic E-state index is 11.7. The van der Waals surface area contributed by atoms with Crippen LogP contribution in [0.4, 0.5) is 0 Å². The van der Waals surface area contributed by atoms with Crippen LogP contribution < -0.4 is 0 Å². The Labute approximate surface area is 78.4 Å². The van der Waals surface area contributed by atoms with Gasteiger partial charge in [0.05, 0.1) is 6.10 Å². The monoisotopic (exact) mass is 184 g/mol. The van der Waals surface area contributed by atoms with E-state index in [0.29, 0.717) is 0 Å². The maximum Gasteiger partial charge on any atom is 0.341 e. The summed E-state index contributed by atoms with van der Waals surface area (Å²) >= 11 is 0. The van der Waals surface area contributed by atoms with Gasteiger partial charge in [-0.05, 0) is 40.0 Å². The molecule has 1 aliphatic heterocycles. The Balaban J connectivity index is 2.06. The van der Waals surface area contributed by atoms with E-state index >= 15 is 0 Å². The van der Waals surface area contributed by atoms with Crippen LogP contribution >= 0.6 is 0 Å². The van der Waals surface area contributed by atoms with Gasteiger partial charge in [0.2, 0.25) is 0 Å².